The van der Waals surface area contributed by atoms with Crippen LogP contribution in [0, 0.1) is 0 Å². The summed E-state index contributed by atoms with van der Waals surface area (Å²) in [5.41, 5.74) is 0.988. The average Bonchev–Trinajstić information content (AvgIpc) is 2.96. The summed E-state index contributed by atoms with van der Waals surface area (Å²) in [6.45, 7) is 4.15. The molecule has 0 N–H and O–H groups in total. The molecule has 134 valence electrons. The summed E-state index contributed by atoms with van der Waals surface area (Å²) in [6, 6.07) is 0.440. The van der Waals surface area contributed by atoms with E-state index in [2.05, 4.69) is 24.2 Å². The van der Waals surface area contributed by atoms with Crippen LogP contribution in [0.1, 0.15) is 56.4 Å². The SMILES string of the molecule is CC1CCCC(C)N1C(=O)Cn1nnc2sc3c(c2c1=O)CCCC3. The number of carbonyl (C=O) groups is 1. The van der Waals surface area contributed by atoms with Gasteiger partial charge in [0.25, 0.3) is 5.56 Å². The van der Waals surface area contributed by atoms with E-state index in [0.717, 1.165) is 48.9 Å². The zero-order valence-electron chi connectivity index (χ0n) is 14.8. The second-order valence-electron chi connectivity index (χ2n) is 7.37. The van der Waals surface area contributed by atoms with Gasteiger partial charge in [-0.25, -0.2) is 4.68 Å². The van der Waals surface area contributed by atoms with E-state index >= 15 is 0 Å². The summed E-state index contributed by atoms with van der Waals surface area (Å²) < 4.78 is 1.26. The van der Waals surface area contributed by atoms with E-state index in [4.69, 9.17) is 0 Å². The molecular weight excluding hydrogens is 336 g/mol. The van der Waals surface area contributed by atoms with Crippen LogP contribution in [-0.4, -0.2) is 37.9 Å². The van der Waals surface area contributed by atoms with Gasteiger partial charge in [0.2, 0.25) is 5.91 Å². The first-order chi connectivity index (χ1) is 12.1. The Morgan fingerprint density at radius 1 is 1.16 bits per heavy atom. The first-order valence-electron chi connectivity index (χ1n) is 9.25. The number of amides is 1. The molecule has 1 aliphatic heterocycles. The Bertz CT molecular complexity index is 862. The van der Waals surface area contributed by atoms with Gasteiger partial charge in [-0.05, 0) is 64.4 Å². The number of fused-ring (bicyclic) bond motifs is 3. The lowest BCUT2D eigenvalue weighted by Gasteiger charge is -2.39. The number of aryl methyl sites for hydroxylation is 2. The van der Waals surface area contributed by atoms with E-state index in [1.165, 1.54) is 16.0 Å². The second kappa shape index (κ2) is 6.52. The number of thiophene rings is 1. The summed E-state index contributed by atoms with van der Waals surface area (Å²) >= 11 is 1.59. The zero-order valence-corrected chi connectivity index (χ0v) is 15.6. The molecule has 25 heavy (non-hydrogen) atoms. The van der Waals surface area contributed by atoms with Gasteiger partial charge in [0.05, 0.1) is 5.39 Å². The minimum atomic E-state index is -0.157. The van der Waals surface area contributed by atoms with Crippen molar-refractivity contribution in [1.82, 2.24) is 19.9 Å². The van der Waals surface area contributed by atoms with Crippen molar-refractivity contribution in [3.8, 4) is 0 Å². The van der Waals surface area contributed by atoms with Crippen LogP contribution in [0.15, 0.2) is 4.79 Å². The maximum Gasteiger partial charge on any atom is 0.279 e. The fraction of sp³-hybridized carbons (Fsp3) is 0.667. The van der Waals surface area contributed by atoms with Crippen molar-refractivity contribution in [2.24, 2.45) is 0 Å². The van der Waals surface area contributed by atoms with Crippen LogP contribution in [-0.2, 0) is 24.2 Å². The number of hydrogen-bond acceptors (Lipinski definition) is 5. The van der Waals surface area contributed by atoms with E-state index in [0.29, 0.717) is 5.39 Å². The molecule has 3 heterocycles. The fourth-order valence-electron chi connectivity index (χ4n) is 4.33. The number of hydrogen-bond donors (Lipinski definition) is 0. The molecule has 2 aromatic heterocycles. The molecular formula is C18H24N4O2S. The minimum absolute atomic E-state index is 0.0128. The number of nitrogens with zero attached hydrogens (tertiary/aromatic N) is 4. The van der Waals surface area contributed by atoms with Crippen molar-refractivity contribution >= 4 is 27.5 Å². The van der Waals surface area contributed by atoms with Crippen molar-refractivity contribution in [3.05, 3.63) is 20.8 Å². The van der Waals surface area contributed by atoms with Gasteiger partial charge in [-0.2, -0.15) is 0 Å². The number of piperidine rings is 1. The summed E-state index contributed by atoms with van der Waals surface area (Å²) in [5, 5.41) is 8.99. The van der Waals surface area contributed by atoms with Crippen molar-refractivity contribution in [2.75, 3.05) is 0 Å². The highest BCUT2D eigenvalue weighted by molar-refractivity contribution is 7.18. The van der Waals surface area contributed by atoms with Crippen LogP contribution in [0.25, 0.3) is 10.2 Å². The van der Waals surface area contributed by atoms with Gasteiger partial charge in [0.1, 0.15) is 6.54 Å². The molecule has 0 saturated carbocycles. The van der Waals surface area contributed by atoms with Gasteiger partial charge in [-0.1, -0.05) is 5.21 Å². The van der Waals surface area contributed by atoms with E-state index in [1.54, 1.807) is 11.3 Å². The van der Waals surface area contributed by atoms with Crippen molar-refractivity contribution < 1.29 is 4.79 Å². The Labute approximate surface area is 150 Å². The molecule has 0 radical (unpaired) electrons. The molecule has 2 atom stereocenters. The molecule has 4 rings (SSSR count). The summed E-state index contributed by atoms with van der Waals surface area (Å²) in [4.78, 5) is 29.7. The minimum Gasteiger partial charge on any atom is -0.336 e. The van der Waals surface area contributed by atoms with Gasteiger partial charge >= 0.3 is 0 Å². The predicted molar refractivity (Wildman–Crippen MR) is 97.9 cm³/mol. The number of aromatic nitrogens is 3. The van der Waals surface area contributed by atoms with Crippen molar-refractivity contribution in [1.29, 1.82) is 0 Å². The van der Waals surface area contributed by atoms with Crippen LogP contribution >= 0.6 is 11.3 Å². The van der Waals surface area contributed by atoms with E-state index < -0.39 is 0 Å². The monoisotopic (exact) mass is 360 g/mol. The summed E-state index contributed by atoms with van der Waals surface area (Å²) in [6.07, 6.45) is 7.44. The molecule has 6 nitrogen and oxygen atoms in total. The molecule has 1 amide bonds. The molecule has 2 aromatic rings. The van der Waals surface area contributed by atoms with Crippen LogP contribution in [0.3, 0.4) is 0 Å². The molecule has 1 saturated heterocycles. The number of rotatable bonds is 2. The first kappa shape index (κ1) is 16.7. The molecule has 7 heteroatoms. The fourth-order valence-corrected chi connectivity index (χ4v) is 5.53. The van der Waals surface area contributed by atoms with Gasteiger partial charge in [-0.3, -0.25) is 9.59 Å². The predicted octanol–water partition coefficient (Wildman–Crippen LogP) is 2.52. The summed E-state index contributed by atoms with van der Waals surface area (Å²) in [7, 11) is 0. The Morgan fingerprint density at radius 3 is 2.64 bits per heavy atom. The third-order valence-corrected chi connectivity index (χ3v) is 6.79. The lowest BCUT2D eigenvalue weighted by Crippen LogP contribution is -2.49. The van der Waals surface area contributed by atoms with E-state index in [1.807, 2.05) is 4.90 Å². The Kier molecular flexibility index (Phi) is 4.35. The molecule has 2 unspecified atom stereocenters. The van der Waals surface area contributed by atoms with Gasteiger partial charge in [0.15, 0.2) is 4.83 Å². The molecule has 0 aromatic carbocycles. The average molecular weight is 360 g/mol. The Morgan fingerprint density at radius 2 is 1.88 bits per heavy atom. The highest BCUT2D eigenvalue weighted by Crippen LogP contribution is 2.33. The standard InChI is InChI=1S/C18H24N4O2S/c1-11-6-5-7-12(2)22(11)15(23)10-21-18(24)16-13-8-3-4-9-14(13)25-17(16)19-20-21/h11-12H,3-10H2,1-2H3. The van der Waals surface area contributed by atoms with Crippen molar-refractivity contribution in [3.63, 3.8) is 0 Å². The van der Waals surface area contributed by atoms with Gasteiger partial charge < -0.3 is 4.90 Å². The van der Waals surface area contributed by atoms with Crippen LogP contribution in [0.2, 0.25) is 0 Å². The second-order valence-corrected chi connectivity index (χ2v) is 8.46. The Balaban J connectivity index is 1.66. The van der Waals surface area contributed by atoms with E-state index in [-0.39, 0.29) is 30.1 Å². The number of carbonyl (C=O) groups excluding carboxylic acids is 1. The summed E-state index contributed by atoms with van der Waals surface area (Å²) in [5.74, 6) is -0.0282. The smallest absolute Gasteiger partial charge is 0.279 e. The van der Waals surface area contributed by atoms with Crippen LogP contribution < -0.4 is 5.56 Å². The number of likely N-dealkylation sites (tertiary alicyclic amines) is 1. The molecule has 1 aliphatic carbocycles. The molecule has 0 bridgehead atoms. The third kappa shape index (κ3) is 2.88. The normalized spacial score (nSPS) is 23.7. The van der Waals surface area contributed by atoms with Gasteiger partial charge in [0, 0.05) is 17.0 Å². The van der Waals surface area contributed by atoms with Crippen LogP contribution in [0.5, 0.6) is 0 Å². The first-order valence-corrected chi connectivity index (χ1v) is 10.1. The lowest BCUT2D eigenvalue weighted by atomic mass is 9.97. The lowest BCUT2D eigenvalue weighted by molar-refractivity contribution is -0.138. The van der Waals surface area contributed by atoms with Crippen molar-refractivity contribution in [2.45, 2.75) is 77.4 Å². The van der Waals surface area contributed by atoms with Crippen LogP contribution in [0.4, 0.5) is 0 Å². The molecule has 1 fully saturated rings. The maximum atomic E-state index is 12.9. The maximum absolute atomic E-state index is 12.9. The van der Waals surface area contributed by atoms with E-state index in [9.17, 15) is 9.59 Å². The molecule has 0 spiro atoms. The molecule has 2 aliphatic rings. The highest BCUT2D eigenvalue weighted by atomic mass is 32.1. The van der Waals surface area contributed by atoms with Gasteiger partial charge in [-0.15, -0.1) is 16.4 Å². The highest BCUT2D eigenvalue weighted by Gasteiger charge is 2.30. The quantitative estimate of drug-likeness (QED) is 0.825. The zero-order chi connectivity index (χ0) is 17.6. The largest absolute Gasteiger partial charge is 0.336 e. The Hall–Kier alpha value is -1.76. The topological polar surface area (TPSA) is 68.1 Å². The third-order valence-electron chi connectivity index (χ3n) is 5.61.